The van der Waals surface area contributed by atoms with Gasteiger partial charge < -0.3 is 4.43 Å². The average molecular weight is 461 g/mol. The molecule has 0 amide bonds. The van der Waals surface area contributed by atoms with E-state index in [-0.39, 0.29) is 0 Å². The summed E-state index contributed by atoms with van der Waals surface area (Å²) in [5.74, 6) is 6.77. The Morgan fingerprint density at radius 2 is 1.50 bits per heavy atom. The van der Waals surface area contributed by atoms with Crippen molar-refractivity contribution in [1.82, 2.24) is 0 Å². The van der Waals surface area contributed by atoms with Gasteiger partial charge in [0.25, 0.3) is 0 Å². The summed E-state index contributed by atoms with van der Waals surface area (Å²) in [5.41, 5.74) is 1.24. The van der Waals surface area contributed by atoms with E-state index >= 15 is 0 Å². The molecule has 4 saturated carbocycles. The molecule has 0 aromatic carbocycles. The minimum absolute atomic E-state index is 0.563. The summed E-state index contributed by atoms with van der Waals surface area (Å²) in [6.07, 6.45) is 18.2. The normalized spacial score (nSPS) is 45.3. The van der Waals surface area contributed by atoms with E-state index in [9.17, 15) is 0 Å². The number of hydrogen-bond donors (Lipinski definition) is 0. The van der Waals surface area contributed by atoms with Gasteiger partial charge in [0.05, 0.1) is 0 Å². The van der Waals surface area contributed by atoms with E-state index in [1.165, 1.54) is 70.6 Å². The number of rotatable bonds is 7. The van der Waals surface area contributed by atoms with Crippen molar-refractivity contribution in [3.8, 4) is 0 Å². The summed E-state index contributed by atoms with van der Waals surface area (Å²) in [5, 5.41) is 0. The first-order valence-corrected chi connectivity index (χ1v) is 18.0. The zero-order chi connectivity index (χ0) is 23.3. The lowest BCUT2D eigenvalue weighted by Gasteiger charge is -2.61. The second-order valence-electron chi connectivity index (χ2n) is 14.8. The minimum atomic E-state index is -1.42. The Bertz CT molecular complexity index is 637. The molecule has 4 aliphatic carbocycles. The molecule has 186 valence electrons. The fraction of sp³-hybridized carbons (Fsp3) is 1.00. The van der Waals surface area contributed by atoms with E-state index in [0.717, 1.165) is 41.4 Å². The number of hydrogen-bond acceptors (Lipinski definition) is 1. The molecule has 0 radical (unpaired) electrons. The van der Waals surface area contributed by atoms with E-state index in [1.807, 2.05) is 0 Å². The standard InChI is InChI=1S/C30H56OSi/c1-21(2)10-9-11-22(3)26-14-15-27-25-13-12-23-20-24(31-32(6,7)8)16-18-29(23,4)28(25)17-19-30(26,27)5/h21-28H,9-20H2,1-8H3/t22-,23-,24-,25+,26-,27+,28+,29+,30-/m1/s1. The third-order valence-corrected chi connectivity index (χ3v) is 12.4. The van der Waals surface area contributed by atoms with Crippen LogP contribution in [-0.4, -0.2) is 14.4 Å². The van der Waals surface area contributed by atoms with Crippen molar-refractivity contribution in [3.63, 3.8) is 0 Å². The molecule has 0 aromatic rings. The summed E-state index contributed by atoms with van der Waals surface area (Å²) < 4.78 is 6.62. The Hall–Kier alpha value is 0.177. The van der Waals surface area contributed by atoms with Crippen LogP contribution in [0.5, 0.6) is 0 Å². The van der Waals surface area contributed by atoms with Crippen molar-refractivity contribution >= 4 is 8.32 Å². The SMILES string of the molecule is CC(C)CCC[C@@H](C)[C@H]1CC[C@H]2[C@@H]3CC[C@@H]4C[C@H](O[Si](C)(C)C)CC[C@]4(C)[C@H]3CC[C@]12C. The molecule has 32 heavy (non-hydrogen) atoms. The molecule has 4 aliphatic rings. The van der Waals surface area contributed by atoms with Crippen molar-refractivity contribution in [1.29, 1.82) is 0 Å². The molecular weight excluding hydrogens is 404 g/mol. The maximum atomic E-state index is 6.62. The topological polar surface area (TPSA) is 9.23 Å². The molecule has 1 nitrogen and oxygen atoms in total. The maximum Gasteiger partial charge on any atom is 0.184 e. The molecule has 0 spiro atoms. The zero-order valence-electron chi connectivity index (χ0n) is 23.0. The van der Waals surface area contributed by atoms with Gasteiger partial charge in [0.15, 0.2) is 8.32 Å². The van der Waals surface area contributed by atoms with Crippen molar-refractivity contribution in [3.05, 3.63) is 0 Å². The van der Waals surface area contributed by atoms with E-state index < -0.39 is 8.32 Å². The monoisotopic (exact) mass is 460 g/mol. The van der Waals surface area contributed by atoms with Crippen molar-refractivity contribution < 1.29 is 4.43 Å². The van der Waals surface area contributed by atoms with Gasteiger partial charge in [-0.3, -0.25) is 0 Å². The van der Waals surface area contributed by atoms with Crippen LogP contribution >= 0.6 is 0 Å². The minimum Gasteiger partial charge on any atom is -0.415 e. The molecule has 4 fully saturated rings. The molecule has 0 N–H and O–H groups in total. The summed E-state index contributed by atoms with van der Waals surface area (Å²) in [6.45, 7) is 20.0. The van der Waals surface area contributed by atoms with Gasteiger partial charge in [-0.05, 0) is 130 Å². The second-order valence-corrected chi connectivity index (χ2v) is 19.3. The molecule has 0 aromatic heterocycles. The Morgan fingerprint density at radius 1 is 0.812 bits per heavy atom. The zero-order valence-corrected chi connectivity index (χ0v) is 24.0. The van der Waals surface area contributed by atoms with E-state index in [4.69, 9.17) is 4.43 Å². The fourth-order valence-electron chi connectivity index (χ4n) is 9.85. The van der Waals surface area contributed by atoms with Gasteiger partial charge in [-0.25, -0.2) is 0 Å². The smallest absolute Gasteiger partial charge is 0.184 e. The highest BCUT2D eigenvalue weighted by Gasteiger charge is 2.60. The van der Waals surface area contributed by atoms with Crippen LogP contribution in [0.25, 0.3) is 0 Å². The third-order valence-electron chi connectivity index (χ3n) is 11.3. The summed E-state index contributed by atoms with van der Waals surface area (Å²) in [7, 11) is -1.42. The summed E-state index contributed by atoms with van der Waals surface area (Å²) in [6, 6.07) is 0. The second kappa shape index (κ2) is 9.33. The van der Waals surface area contributed by atoms with Crippen LogP contribution in [0.2, 0.25) is 19.6 Å². The first kappa shape index (κ1) is 25.3. The van der Waals surface area contributed by atoms with Crippen LogP contribution in [0, 0.1) is 52.3 Å². The van der Waals surface area contributed by atoms with Crippen LogP contribution in [0.1, 0.15) is 112 Å². The van der Waals surface area contributed by atoms with Gasteiger partial charge in [0.2, 0.25) is 0 Å². The largest absolute Gasteiger partial charge is 0.415 e. The highest BCUT2D eigenvalue weighted by molar-refractivity contribution is 6.69. The van der Waals surface area contributed by atoms with Crippen LogP contribution in [0.15, 0.2) is 0 Å². The lowest BCUT2D eigenvalue weighted by atomic mass is 9.44. The van der Waals surface area contributed by atoms with E-state index in [2.05, 4.69) is 54.3 Å². The Morgan fingerprint density at radius 3 is 2.19 bits per heavy atom. The molecule has 0 aliphatic heterocycles. The Balaban J connectivity index is 1.42. The van der Waals surface area contributed by atoms with Crippen LogP contribution in [-0.2, 0) is 4.43 Å². The fourth-order valence-corrected chi connectivity index (χ4v) is 11.1. The van der Waals surface area contributed by atoms with Crippen molar-refractivity contribution in [2.75, 3.05) is 0 Å². The summed E-state index contributed by atoms with van der Waals surface area (Å²) in [4.78, 5) is 0. The predicted molar refractivity (Wildman–Crippen MR) is 141 cm³/mol. The van der Waals surface area contributed by atoms with Crippen molar-refractivity contribution in [2.45, 2.75) is 137 Å². The quantitative estimate of drug-likeness (QED) is 0.344. The van der Waals surface area contributed by atoms with Crippen LogP contribution < -0.4 is 0 Å². The average Bonchev–Trinajstić information content (AvgIpc) is 3.04. The van der Waals surface area contributed by atoms with Gasteiger partial charge in [-0.2, -0.15) is 0 Å². The van der Waals surface area contributed by atoms with Crippen LogP contribution in [0.3, 0.4) is 0 Å². The summed E-state index contributed by atoms with van der Waals surface area (Å²) >= 11 is 0. The molecule has 4 rings (SSSR count). The first-order chi connectivity index (χ1) is 14.9. The van der Waals surface area contributed by atoms with E-state index in [1.54, 1.807) is 6.42 Å². The first-order valence-electron chi connectivity index (χ1n) is 14.6. The molecule has 0 bridgehead atoms. The number of fused-ring (bicyclic) bond motifs is 5. The van der Waals surface area contributed by atoms with Gasteiger partial charge in [0, 0.05) is 6.10 Å². The molecule has 0 unspecified atom stereocenters. The molecule has 0 heterocycles. The van der Waals surface area contributed by atoms with Gasteiger partial charge in [-0.1, -0.05) is 53.9 Å². The molecule has 2 heteroatoms. The molecule has 9 atom stereocenters. The lowest BCUT2D eigenvalue weighted by Crippen LogP contribution is -2.54. The van der Waals surface area contributed by atoms with Gasteiger partial charge >= 0.3 is 0 Å². The van der Waals surface area contributed by atoms with Gasteiger partial charge in [0.1, 0.15) is 0 Å². The Labute approximate surface area is 202 Å². The highest BCUT2D eigenvalue weighted by atomic mass is 28.4. The van der Waals surface area contributed by atoms with Crippen LogP contribution in [0.4, 0.5) is 0 Å². The predicted octanol–water partition coefficient (Wildman–Crippen LogP) is 9.33. The lowest BCUT2D eigenvalue weighted by molar-refractivity contribution is -0.127. The van der Waals surface area contributed by atoms with Crippen molar-refractivity contribution in [2.24, 2.45) is 52.3 Å². The highest BCUT2D eigenvalue weighted by Crippen LogP contribution is 2.68. The molecule has 0 saturated heterocycles. The van der Waals surface area contributed by atoms with E-state index in [0.29, 0.717) is 16.9 Å². The Kier molecular flexibility index (Phi) is 7.37. The molecular formula is C30H56OSi. The van der Waals surface area contributed by atoms with Gasteiger partial charge in [-0.15, -0.1) is 0 Å². The third kappa shape index (κ3) is 4.80. The maximum absolute atomic E-state index is 6.62.